The Kier molecular flexibility index (Phi) is 5.94. The van der Waals surface area contributed by atoms with Crippen molar-refractivity contribution in [1.82, 2.24) is 10.2 Å². The number of nitrogens with zero attached hydrogens (tertiary/aromatic N) is 1. The third-order valence-corrected chi connectivity index (χ3v) is 6.61. The van der Waals surface area contributed by atoms with E-state index in [4.69, 9.17) is 4.74 Å². The standard InChI is InChI=1S/C17H16N2O8S2/c1-7(20)27-5-8-6-29-15-11(14(22)19(15)12(8)17(25)26)18-13(21)10(16(23)24)9-3-2-4-28-9/h2-4,10-11,15H,5-6H2,1H3,(H,18,21)(H,23,24)(H,25,26)/t10?,11?,15-/m1/s1. The van der Waals surface area contributed by atoms with Crippen LogP contribution in [0.1, 0.15) is 17.7 Å². The van der Waals surface area contributed by atoms with Crippen LogP contribution < -0.4 is 5.32 Å². The van der Waals surface area contributed by atoms with Gasteiger partial charge in [0.05, 0.1) is 0 Å². The number of thiophene rings is 1. The summed E-state index contributed by atoms with van der Waals surface area (Å²) < 4.78 is 4.85. The summed E-state index contributed by atoms with van der Waals surface area (Å²) in [5.74, 6) is -6.06. The van der Waals surface area contributed by atoms with Gasteiger partial charge in [-0.15, -0.1) is 23.1 Å². The van der Waals surface area contributed by atoms with E-state index in [0.29, 0.717) is 4.88 Å². The highest BCUT2D eigenvalue weighted by Crippen LogP contribution is 2.40. The maximum Gasteiger partial charge on any atom is 0.352 e. The monoisotopic (exact) mass is 440 g/mol. The van der Waals surface area contributed by atoms with Gasteiger partial charge in [-0.05, 0) is 11.4 Å². The van der Waals surface area contributed by atoms with Gasteiger partial charge in [0.15, 0.2) is 5.92 Å². The first-order chi connectivity index (χ1) is 13.7. The fraction of sp³-hybridized carbons (Fsp3) is 0.353. The Morgan fingerprint density at radius 1 is 1.34 bits per heavy atom. The maximum atomic E-state index is 12.6. The van der Waals surface area contributed by atoms with Crippen LogP contribution in [0.25, 0.3) is 0 Å². The lowest BCUT2D eigenvalue weighted by atomic mass is 10.0. The molecule has 1 saturated heterocycles. The molecule has 1 fully saturated rings. The van der Waals surface area contributed by atoms with E-state index in [1.54, 1.807) is 11.4 Å². The third-order valence-electron chi connectivity index (χ3n) is 4.33. The molecule has 2 aliphatic heterocycles. The number of carbonyl (C=O) groups is 5. The van der Waals surface area contributed by atoms with Gasteiger partial charge in [0, 0.05) is 23.1 Å². The minimum absolute atomic E-state index is 0.184. The minimum Gasteiger partial charge on any atom is -0.480 e. The molecular formula is C17H16N2O8S2. The minimum atomic E-state index is -1.46. The van der Waals surface area contributed by atoms with Crippen molar-refractivity contribution >= 4 is 52.8 Å². The molecule has 0 bridgehead atoms. The highest BCUT2D eigenvalue weighted by atomic mass is 32.2. The van der Waals surface area contributed by atoms with Crippen LogP contribution in [0, 0.1) is 0 Å². The molecule has 154 valence electrons. The van der Waals surface area contributed by atoms with Crippen molar-refractivity contribution in [2.24, 2.45) is 0 Å². The molecule has 2 unspecified atom stereocenters. The van der Waals surface area contributed by atoms with Gasteiger partial charge in [0.2, 0.25) is 5.91 Å². The van der Waals surface area contributed by atoms with E-state index in [-0.39, 0.29) is 23.6 Å². The molecule has 3 heterocycles. The van der Waals surface area contributed by atoms with Crippen molar-refractivity contribution in [3.05, 3.63) is 33.7 Å². The molecule has 0 radical (unpaired) electrons. The Balaban J connectivity index is 1.77. The zero-order valence-corrected chi connectivity index (χ0v) is 16.6. The van der Waals surface area contributed by atoms with E-state index in [1.807, 2.05) is 0 Å². The number of amides is 2. The first-order valence-electron chi connectivity index (χ1n) is 8.32. The van der Waals surface area contributed by atoms with Gasteiger partial charge in [-0.3, -0.25) is 24.1 Å². The van der Waals surface area contributed by atoms with E-state index in [2.05, 4.69) is 5.32 Å². The molecule has 3 rings (SSSR count). The molecule has 12 heteroatoms. The van der Waals surface area contributed by atoms with Crippen LogP contribution in [-0.4, -0.2) is 68.6 Å². The van der Waals surface area contributed by atoms with E-state index in [0.717, 1.165) is 16.2 Å². The highest BCUT2D eigenvalue weighted by Gasteiger charge is 2.54. The molecule has 1 aromatic rings. The van der Waals surface area contributed by atoms with Gasteiger partial charge in [-0.25, -0.2) is 4.79 Å². The second-order valence-corrected chi connectivity index (χ2v) is 8.30. The summed E-state index contributed by atoms with van der Waals surface area (Å²) in [6, 6.07) is 2.09. The van der Waals surface area contributed by atoms with Crippen LogP contribution in [0.4, 0.5) is 0 Å². The summed E-state index contributed by atoms with van der Waals surface area (Å²) in [5, 5.41) is 22.3. The molecule has 2 aliphatic rings. The second kappa shape index (κ2) is 8.25. The lowest BCUT2D eigenvalue weighted by Gasteiger charge is -2.49. The molecule has 0 aromatic carbocycles. The van der Waals surface area contributed by atoms with Crippen molar-refractivity contribution in [1.29, 1.82) is 0 Å². The number of aliphatic carboxylic acids is 2. The number of β-lactam (4-membered cyclic amide) rings is 1. The Labute approximate surface area is 172 Å². The Morgan fingerprint density at radius 2 is 2.07 bits per heavy atom. The zero-order valence-electron chi connectivity index (χ0n) is 15.0. The molecule has 3 N–H and O–H groups in total. The number of esters is 1. The smallest absolute Gasteiger partial charge is 0.352 e. The molecule has 29 heavy (non-hydrogen) atoms. The average Bonchev–Trinajstić information content (AvgIpc) is 3.17. The van der Waals surface area contributed by atoms with Crippen molar-refractivity contribution in [3.63, 3.8) is 0 Å². The average molecular weight is 440 g/mol. The molecule has 0 aliphatic carbocycles. The number of thioether (sulfide) groups is 1. The third kappa shape index (κ3) is 3.98. The molecule has 10 nitrogen and oxygen atoms in total. The van der Waals surface area contributed by atoms with Crippen LogP contribution in [0.15, 0.2) is 28.8 Å². The van der Waals surface area contributed by atoms with Crippen molar-refractivity contribution in [3.8, 4) is 0 Å². The summed E-state index contributed by atoms with van der Waals surface area (Å²) in [5.41, 5.74) is -0.00684. The number of nitrogens with one attached hydrogen (secondary N) is 1. The number of carbonyl (C=O) groups excluding carboxylic acids is 3. The number of fused-ring (bicyclic) bond motifs is 1. The summed E-state index contributed by atoms with van der Waals surface area (Å²) in [7, 11) is 0. The Hall–Kier alpha value is -2.86. The van der Waals surface area contributed by atoms with Crippen molar-refractivity contribution < 1.29 is 38.9 Å². The fourth-order valence-electron chi connectivity index (χ4n) is 3.04. The summed E-state index contributed by atoms with van der Waals surface area (Å²) in [6.45, 7) is 0.934. The number of hydrogen-bond acceptors (Lipinski definition) is 8. The predicted molar refractivity (Wildman–Crippen MR) is 101 cm³/mol. The molecule has 0 saturated carbocycles. The van der Waals surface area contributed by atoms with Gasteiger partial charge in [0.1, 0.15) is 23.7 Å². The Bertz CT molecular complexity index is 911. The van der Waals surface area contributed by atoms with Crippen LogP contribution in [-0.2, 0) is 28.7 Å². The Morgan fingerprint density at radius 3 is 2.62 bits per heavy atom. The number of carboxylic acids is 2. The fourth-order valence-corrected chi connectivity index (χ4v) is 5.18. The van der Waals surface area contributed by atoms with E-state index < -0.39 is 47.1 Å². The van der Waals surface area contributed by atoms with Gasteiger partial charge in [0.25, 0.3) is 5.91 Å². The lowest BCUT2D eigenvalue weighted by Crippen LogP contribution is -2.71. The van der Waals surface area contributed by atoms with E-state index in [9.17, 15) is 34.2 Å². The topological polar surface area (TPSA) is 150 Å². The largest absolute Gasteiger partial charge is 0.480 e. The van der Waals surface area contributed by atoms with E-state index in [1.165, 1.54) is 24.8 Å². The van der Waals surface area contributed by atoms with Crippen LogP contribution >= 0.6 is 23.1 Å². The zero-order chi connectivity index (χ0) is 21.3. The second-order valence-electron chi connectivity index (χ2n) is 6.22. The molecule has 1 aromatic heterocycles. The van der Waals surface area contributed by atoms with Crippen LogP contribution in [0.5, 0.6) is 0 Å². The number of ether oxygens (including phenoxy) is 1. The van der Waals surface area contributed by atoms with Gasteiger partial charge >= 0.3 is 17.9 Å². The van der Waals surface area contributed by atoms with Crippen LogP contribution in [0.2, 0.25) is 0 Å². The summed E-state index contributed by atoms with van der Waals surface area (Å²) in [6.07, 6.45) is 0. The highest BCUT2D eigenvalue weighted by molar-refractivity contribution is 8.00. The summed E-state index contributed by atoms with van der Waals surface area (Å²) in [4.78, 5) is 60.6. The van der Waals surface area contributed by atoms with E-state index >= 15 is 0 Å². The number of hydrogen-bond donors (Lipinski definition) is 3. The van der Waals surface area contributed by atoms with Crippen LogP contribution in [0.3, 0.4) is 0 Å². The normalized spacial score (nSPS) is 21.7. The number of carboxylic acid groups (broad SMARTS) is 2. The van der Waals surface area contributed by atoms with Gasteiger partial charge in [-0.2, -0.15) is 0 Å². The van der Waals surface area contributed by atoms with Crippen molar-refractivity contribution in [2.45, 2.75) is 24.3 Å². The van der Waals surface area contributed by atoms with Crippen molar-refractivity contribution in [2.75, 3.05) is 12.4 Å². The SMILES string of the molecule is CC(=O)OCC1=C(C(=O)O)N2C(=O)C(NC(=O)C(C(=O)O)c3cccs3)[C@H]2SC1. The molecule has 3 atom stereocenters. The quantitative estimate of drug-likeness (QED) is 0.307. The molecule has 2 amide bonds. The lowest BCUT2D eigenvalue weighted by molar-refractivity contribution is -0.152. The molecular weight excluding hydrogens is 424 g/mol. The first-order valence-corrected chi connectivity index (χ1v) is 10.2. The van der Waals surface area contributed by atoms with Gasteiger partial charge in [-0.1, -0.05) is 6.07 Å². The first kappa shape index (κ1) is 20.9. The predicted octanol–water partition coefficient (Wildman–Crippen LogP) is 0.218. The molecule has 0 spiro atoms. The number of rotatable bonds is 7. The summed E-state index contributed by atoms with van der Waals surface area (Å²) >= 11 is 2.31. The van der Waals surface area contributed by atoms with Gasteiger partial charge < -0.3 is 20.3 Å². The maximum absolute atomic E-state index is 12.6.